The fourth-order valence-electron chi connectivity index (χ4n) is 3.91. The predicted octanol–water partition coefficient (Wildman–Crippen LogP) is 5.84. The maximum absolute atomic E-state index is 16.6. The lowest BCUT2D eigenvalue weighted by Gasteiger charge is -2.27. The zero-order valence-corrected chi connectivity index (χ0v) is 16.6. The molecule has 0 aliphatic heterocycles. The molecule has 2 aromatic heterocycles. The van der Waals surface area contributed by atoms with Crippen molar-refractivity contribution in [1.29, 1.82) is 0 Å². The molecule has 28 heavy (non-hydrogen) atoms. The highest BCUT2D eigenvalue weighted by molar-refractivity contribution is 8.00. The number of nitrogens with zero attached hydrogens (tertiary/aromatic N) is 2. The number of aromatic nitrogens is 3. The zero-order valence-electron chi connectivity index (χ0n) is 15.1. The molecule has 0 radical (unpaired) electrons. The maximum Gasteiger partial charge on any atom is 0.264 e. The van der Waals surface area contributed by atoms with Crippen LogP contribution >= 0.6 is 23.4 Å². The number of rotatable bonds is 4. The second-order valence-electron chi connectivity index (χ2n) is 7.06. The van der Waals surface area contributed by atoms with Crippen LogP contribution in [-0.4, -0.2) is 15.2 Å². The predicted molar refractivity (Wildman–Crippen MR) is 108 cm³/mol. The smallest absolute Gasteiger partial charge is 0.264 e. The third-order valence-electron chi connectivity index (χ3n) is 5.21. The molecule has 1 aliphatic rings. The van der Waals surface area contributed by atoms with Crippen LogP contribution < -0.4 is 0 Å². The number of nitrogens with one attached hydrogen (secondary N) is 1. The van der Waals surface area contributed by atoms with Gasteiger partial charge in [0.1, 0.15) is 0 Å². The molecular weight excluding hydrogens is 397 g/mol. The largest absolute Gasteiger partial charge is 0.421 e. The van der Waals surface area contributed by atoms with Crippen LogP contribution in [0, 0.1) is 12.8 Å². The van der Waals surface area contributed by atoms with E-state index in [4.69, 9.17) is 16.0 Å². The van der Waals surface area contributed by atoms with E-state index in [9.17, 15) is 0 Å². The van der Waals surface area contributed by atoms with Crippen molar-refractivity contribution in [2.45, 2.75) is 29.7 Å². The summed E-state index contributed by atoms with van der Waals surface area (Å²) in [7, 11) is 0. The minimum atomic E-state index is -1.83. The molecule has 2 atom stereocenters. The minimum absolute atomic E-state index is 0.0244. The molecule has 5 rings (SSSR count). The van der Waals surface area contributed by atoms with Gasteiger partial charge in [0, 0.05) is 39.4 Å². The Morgan fingerprint density at radius 2 is 2.00 bits per heavy atom. The molecule has 142 valence electrons. The molecule has 1 N–H and O–H groups in total. The van der Waals surface area contributed by atoms with Gasteiger partial charge >= 0.3 is 0 Å². The van der Waals surface area contributed by atoms with Crippen LogP contribution in [0.4, 0.5) is 4.39 Å². The summed E-state index contributed by atoms with van der Waals surface area (Å²) in [6.45, 7) is 1.68. The second kappa shape index (κ2) is 6.64. The maximum atomic E-state index is 16.6. The van der Waals surface area contributed by atoms with Crippen molar-refractivity contribution in [3.63, 3.8) is 0 Å². The number of hydrogen-bond acceptors (Lipinski definition) is 4. The summed E-state index contributed by atoms with van der Waals surface area (Å²) in [6.07, 6.45) is 1.15. The Bertz CT molecular complexity index is 1160. The molecule has 0 spiro atoms. The van der Waals surface area contributed by atoms with Gasteiger partial charge in [-0.25, -0.2) is 4.39 Å². The molecule has 4 aromatic rings. The van der Waals surface area contributed by atoms with E-state index in [1.165, 1.54) is 0 Å². The summed E-state index contributed by atoms with van der Waals surface area (Å²) in [4.78, 5) is 4.25. The Morgan fingerprint density at radius 1 is 1.18 bits per heavy atom. The molecule has 0 bridgehead atoms. The molecule has 7 heteroatoms. The van der Waals surface area contributed by atoms with E-state index in [0.717, 1.165) is 38.8 Å². The zero-order chi connectivity index (χ0) is 19.3. The van der Waals surface area contributed by atoms with E-state index in [0.29, 0.717) is 23.8 Å². The van der Waals surface area contributed by atoms with Crippen molar-refractivity contribution in [1.82, 2.24) is 15.2 Å². The Labute approximate surface area is 170 Å². The van der Waals surface area contributed by atoms with Gasteiger partial charge in [0.25, 0.3) is 5.89 Å². The number of aromatic amines is 1. The average molecular weight is 414 g/mol. The van der Waals surface area contributed by atoms with E-state index in [1.807, 2.05) is 48.5 Å². The molecule has 2 heterocycles. The average Bonchev–Trinajstić information content (AvgIpc) is 3.37. The van der Waals surface area contributed by atoms with E-state index < -0.39 is 5.00 Å². The first-order valence-corrected chi connectivity index (χ1v) is 10.2. The molecule has 0 amide bonds. The van der Waals surface area contributed by atoms with Crippen LogP contribution in [0.2, 0.25) is 5.02 Å². The lowest BCUT2D eigenvalue weighted by Crippen LogP contribution is -2.28. The highest BCUT2D eigenvalue weighted by Gasteiger charge is 2.50. The first kappa shape index (κ1) is 17.8. The topological polar surface area (TPSA) is 54.7 Å². The van der Waals surface area contributed by atoms with Crippen molar-refractivity contribution < 1.29 is 8.81 Å². The van der Waals surface area contributed by atoms with Gasteiger partial charge in [-0.3, -0.25) is 0 Å². The lowest BCUT2D eigenvalue weighted by atomic mass is 9.98. The van der Waals surface area contributed by atoms with Crippen LogP contribution in [0.25, 0.3) is 10.9 Å². The third-order valence-corrected chi connectivity index (χ3v) is 6.76. The summed E-state index contributed by atoms with van der Waals surface area (Å²) >= 11 is 7.32. The lowest BCUT2D eigenvalue weighted by molar-refractivity contribution is 0.151. The van der Waals surface area contributed by atoms with Gasteiger partial charge in [-0.05, 0) is 48.7 Å². The third kappa shape index (κ3) is 2.91. The van der Waals surface area contributed by atoms with Gasteiger partial charge in [-0.1, -0.05) is 41.6 Å². The Kier molecular flexibility index (Phi) is 4.21. The van der Waals surface area contributed by atoms with E-state index in [1.54, 1.807) is 6.92 Å². The van der Waals surface area contributed by atoms with E-state index in [-0.39, 0.29) is 11.8 Å². The number of hydrogen-bond donors (Lipinski definition) is 1. The van der Waals surface area contributed by atoms with E-state index in [2.05, 4.69) is 15.2 Å². The second-order valence-corrected chi connectivity index (χ2v) is 8.77. The summed E-state index contributed by atoms with van der Waals surface area (Å²) in [6, 6.07) is 15.3. The van der Waals surface area contributed by atoms with Crippen molar-refractivity contribution >= 4 is 34.3 Å². The van der Waals surface area contributed by atoms with Crippen LogP contribution in [0.15, 0.2) is 57.8 Å². The number of H-pyrrole nitrogens is 1. The first-order valence-electron chi connectivity index (χ1n) is 9.05. The van der Waals surface area contributed by atoms with Crippen molar-refractivity contribution in [3.8, 4) is 0 Å². The highest BCUT2D eigenvalue weighted by atomic mass is 35.5. The SMILES string of the molecule is Cc1nnc([C@@](F)(Sc2ccccc2)[C@H]2Cc3[nH]c4ccc(Cl)cc4c3C2)o1. The number of alkyl halides is 1. The van der Waals surface area contributed by atoms with Crippen LogP contribution in [0.3, 0.4) is 0 Å². The van der Waals surface area contributed by atoms with Gasteiger partial charge in [-0.2, -0.15) is 0 Å². The van der Waals surface area contributed by atoms with Crippen molar-refractivity contribution in [2.75, 3.05) is 0 Å². The molecule has 0 fully saturated rings. The quantitative estimate of drug-likeness (QED) is 0.427. The molecule has 1 aliphatic carbocycles. The molecular formula is C21H17ClFN3OS. The van der Waals surface area contributed by atoms with Gasteiger partial charge in [0.2, 0.25) is 10.9 Å². The van der Waals surface area contributed by atoms with Crippen LogP contribution in [0.1, 0.15) is 23.0 Å². The van der Waals surface area contributed by atoms with Crippen molar-refractivity contribution in [3.05, 3.63) is 76.6 Å². The van der Waals surface area contributed by atoms with Crippen LogP contribution in [-0.2, 0) is 17.8 Å². The Balaban J connectivity index is 1.55. The number of aryl methyl sites for hydroxylation is 1. The monoisotopic (exact) mass is 413 g/mol. The summed E-state index contributed by atoms with van der Waals surface area (Å²) < 4.78 is 22.1. The summed E-state index contributed by atoms with van der Waals surface area (Å²) in [5.41, 5.74) is 3.20. The van der Waals surface area contributed by atoms with Gasteiger partial charge < -0.3 is 9.40 Å². The fraction of sp³-hybridized carbons (Fsp3) is 0.238. The summed E-state index contributed by atoms with van der Waals surface area (Å²) in [5, 5.41) is 7.81. The standard InChI is InChI=1S/C21H17ClFN3OS/c1-12-25-26-20(27-12)21(23,28-15-5-3-2-4-6-15)13-9-16-17-11-14(22)7-8-18(17)24-19(16)10-13/h2-8,11,13,24H,9-10H2,1H3/t13-,21+/m1/s1. The van der Waals surface area contributed by atoms with Crippen molar-refractivity contribution in [2.24, 2.45) is 5.92 Å². The van der Waals surface area contributed by atoms with Gasteiger partial charge in [0.15, 0.2) is 0 Å². The van der Waals surface area contributed by atoms with Gasteiger partial charge in [0.05, 0.1) is 0 Å². The minimum Gasteiger partial charge on any atom is -0.421 e. The Morgan fingerprint density at radius 3 is 2.75 bits per heavy atom. The fourth-order valence-corrected chi connectivity index (χ4v) is 5.22. The highest BCUT2D eigenvalue weighted by Crippen LogP contribution is 2.53. The Hall–Kier alpha value is -2.31. The molecule has 0 saturated carbocycles. The van der Waals surface area contributed by atoms with Crippen LogP contribution in [0.5, 0.6) is 0 Å². The van der Waals surface area contributed by atoms with Gasteiger partial charge in [-0.15, -0.1) is 10.2 Å². The molecule has 0 saturated heterocycles. The summed E-state index contributed by atoms with van der Waals surface area (Å²) in [5.74, 6) is 0.0537. The number of fused-ring (bicyclic) bond motifs is 3. The normalized spacial score (nSPS) is 18.3. The molecule has 4 nitrogen and oxygen atoms in total. The number of thioether (sulfide) groups is 1. The number of halogens is 2. The van der Waals surface area contributed by atoms with E-state index >= 15 is 4.39 Å². The molecule has 0 unspecified atom stereocenters. The number of benzene rings is 2. The molecule has 2 aromatic carbocycles. The first-order chi connectivity index (χ1) is 13.5.